The number of carbonyl (C=O) groups excluding carboxylic acids is 1. The number of aromatic hydroxyl groups is 1. The van der Waals surface area contributed by atoms with Gasteiger partial charge >= 0.3 is 12.1 Å². The van der Waals surface area contributed by atoms with Crippen LogP contribution in [0.3, 0.4) is 0 Å². The van der Waals surface area contributed by atoms with Crippen LogP contribution in [0.25, 0.3) is 22.2 Å². The second kappa shape index (κ2) is 11.6. The Balaban J connectivity index is 1.31. The highest BCUT2D eigenvalue weighted by atomic mass is 19.1. The summed E-state index contributed by atoms with van der Waals surface area (Å²) in [5.74, 6) is 0.389. The van der Waals surface area contributed by atoms with Crippen molar-refractivity contribution < 1.29 is 23.8 Å². The number of hydrogen-bond acceptors (Lipinski definition) is 9. The number of hydrogen-bond donors (Lipinski definition) is 2. The van der Waals surface area contributed by atoms with E-state index < -0.39 is 17.4 Å². The Kier molecular flexibility index (Phi) is 7.70. The normalized spacial score (nSPS) is 22.9. The zero-order chi connectivity index (χ0) is 31.3. The number of halogens is 1. The third-order valence-electron chi connectivity index (χ3n) is 10.2. The van der Waals surface area contributed by atoms with Crippen LogP contribution < -0.4 is 15.0 Å². The molecular weight excluding hydrogens is 575 g/mol. The Morgan fingerprint density at radius 3 is 2.62 bits per heavy atom. The molecule has 2 N–H and O–H groups in total. The minimum Gasteiger partial charge on any atom is -0.508 e. The number of phenolic OH excluding ortho intramolecular Hbond substituents is 1. The average molecular weight is 619 g/mol. The lowest BCUT2D eigenvalue weighted by Gasteiger charge is -2.41. The average Bonchev–Trinajstić information content (AvgIpc) is 3.62. The highest BCUT2D eigenvalue weighted by Gasteiger charge is 2.45. The maximum Gasteiger partial charge on any atom is 0.407 e. The summed E-state index contributed by atoms with van der Waals surface area (Å²) in [4.78, 5) is 31.2. The molecule has 4 fully saturated rings. The van der Waals surface area contributed by atoms with Crippen LogP contribution in [-0.4, -0.2) is 81.5 Å². The number of pyridine rings is 1. The molecule has 3 aromatic rings. The molecule has 4 aliphatic rings. The number of fused-ring (bicyclic) bond motifs is 2. The van der Waals surface area contributed by atoms with E-state index in [0.29, 0.717) is 42.4 Å². The number of carbonyl (C=O) groups is 1. The van der Waals surface area contributed by atoms with E-state index >= 15 is 4.39 Å². The van der Waals surface area contributed by atoms with Crippen LogP contribution >= 0.6 is 0 Å². The summed E-state index contributed by atoms with van der Waals surface area (Å²) in [6.45, 7) is 9.74. The van der Waals surface area contributed by atoms with E-state index in [0.717, 1.165) is 75.6 Å². The van der Waals surface area contributed by atoms with E-state index in [4.69, 9.17) is 14.5 Å². The van der Waals surface area contributed by atoms with Crippen molar-refractivity contribution in [3.05, 3.63) is 35.3 Å². The standard InChI is InChI=1S/C34H43FN6O4/c1-4-44-32(43)39-33(3)10-5-13-40(19-33)30-25-18-36-28(24-17-23(42)16-21(2)26(24)22-8-9-22)27(35)29(25)37-31(38-30)45-20-34-11-6-14-41(34)15-7-12-34/h16-18,22,42H,4-15,19-20H2,1-3H3,(H,39,43)/t33-/m1/s1. The largest absolute Gasteiger partial charge is 0.508 e. The SMILES string of the molecule is CCOC(=O)N[C@]1(C)CCCN(c2nc(OCC34CCCN3CCC4)nc3c(F)c(-c4cc(O)cc(C)c4C4CC4)ncc23)C1. The Bertz CT molecular complexity index is 1620. The van der Waals surface area contributed by atoms with Gasteiger partial charge in [0.05, 0.1) is 23.1 Å². The molecule has 0 spiro atoms. The molecule has 1 aromatic carbocycles. The van der Waals surface area contributed by atoms with Gasteiger partial charge in [-0.15, -0.1) is 0 Å². The summed E-state index contributed by atoms with van der Waals surface area (Å²) in [6.07, 6.45) is 9.24. The fraction of sp³-hybridized carbons (Fsp3) is 0.588. The number of aryl methyl sites for hydroxylation is 1. The van der Waals surface area contributed by atoms with Crippen molar-refractivity contribution in [3.8, 4) is 23.0 Å². The molecule has 1 amide bonds. The van der Waals surface area contributed by atoms with Crippen molar-refractivity contribution >= 4 is 22.8 Å². The van der Waals surface area contributed by atoms with Crippen LogP contribution in [0.5, 0.6) is 11.8 Å². The van der Waals surface area contributed by atoms with Gasteiger partial charge in [0.1, 0.15) is 29.4 Å². The predicted octanol–water partition coefficient (Wildman–Crippen LogP) is 5.83. The van der Waals surface area contributed by atoms with Crippen molar-refractivity contribution in [3.63, 3.8) is 0 Å². The molecule has 3 saturated heterocycles. The smallest absolute Gasteiger partial charge is 0.407 e. The molecule has 10 nitrogen and oxygen atoms in total. The number of nitrogens with one attached hydrogen (secondary N) is 1. The molecule has 0 radical (unpaired) electrons. The Morgan fingerprint density at radius 2 is 1.89 bits per heavy atom. The van der Waals surface area contributed by atoms with Crippen molar-refractivity contribution in [1.29, 1.82) is 0 Å². The molecule has 3 aliphatic heterocycles. The van der Waals surface area contributed by atoms with E-state index in [1.54, 1.807) is 25.3 Å². The van der Waals surface area contributed by atoms with Crippen molar-refractivity contribution in [1.82, 2.24) is 25.2 Å². The number of aromatic nitrogens is 3. The Labute approximate surface area is 263 Å². The number of rotatable bonds is 8. The van der Waals surface area contributed by atoms with E-state index in [1.165, 1.54) is 0 Å². The first-order chi connectivity index (χ1) is 21.7. The summed E-state index contributed by atoms with van der Waals surface area (Å²) in [5, 5.41) is 14.0. The fourth-order valence-electron chi connectivity index (χ4n) is 8.00. The summed E-state index contributed by atoms with van der Waals surface area (Å²) in [6, 6.07) is 3.49. The van der Waals surface area contributed by atoms with Crippen molar-refractivity contribution in [2.75, 3.05) is 44.3 Å². The molecule has 2 aromatic heterocycles. The maximum absolute atomic E-state index is 16.8. The first-order valence-corrected chi connectivity index (χ1v) is 16.5. The monoisotopic (exact) mass is 618 g/mol. The van der Waals surface area contributed by atoms with Crippen molar-refractivity contribution in [2.24, 2.45) is 0 Å². The van der Waals surface area contributed by atoms with Gasteiger partial charge in [-0.25, -0.2) is 9.18 Å². The second-order valence-corrected chi connectivity index (χ2v) is 13.6. The quantitative estimate of drug-likeness (QED) is 0.322. The van der Waals surface area contributed by atoms with Crippen LogP contribution in [-0.2, 0) is 4.74 Å². The number of alkyl carbamates (subject to hydrolysis) is 1. The van der Waals surface area contributed by atoms with Crippen LogP contribution in [0.15, 0.2) is 18.3 Å². The van der Waals surface area contributed by atoms with Gasteiger partial charge in [0, 0.05) is 24.8 Å². The maximum atomic E-state index is 16.8. The number of ether oxygens (including phenoxy) is 2. The summed E-state index contributed by atoms with van der Waals surface area (Å²) < 4.78 is 28.3. The van der Waals surface area contributed by atoms with Gasteiger partial charge in [0.25, 0.3) is 0 Å². The fourth-order valence-corrected chi connectivity index (χ4v) is 8.00. The second-order valence-electron chi connectivity index (χ2n) is 13.6. The van der Waals surface area contributed by atoms with E-state index in [1.807, 2.05) is 13.8 Å². The topological polar surface area (TPSA) is 113 Å². The Hall–Kier alpha value is -3.73. The summed E-state index contributed by atoms with van der Waals surface area (Å²) in [5.41, 5.74) is 2.28. The lowest BCUT2D eigenvalue weighted by Crippen LogP contribution is -2.57. The number of benzene rings is 1. The molecule has 1 atom stereocenters. The number of amides is 1. The first kappa shape index (κ1) is 30.0. The molecule has 7 rings (SSSR count). The number of anilines is 1. The number of piperidine rings is 1. The zero-order valence-corrected chi connectivity index (χ0v) is 26.5. The predicted molar refractivity (Wildman–Crippen MR) is 169 cm³/mol. The van der Waals surface area contributed by atoms with Crippen LogP contribution in [0.2, 0.25) is 0 Å². The lowest BCUT2D eigenvalue weighted by molar-refractivity contribution is 0.108. The highest BCUT2D eigenvalue weighted by molar-refractivity contribution is 5.92. The minimum absolute atomic E-state index is 0.0219. The minimum atomic E-state index is -0.569. The van der Waals surface area contributed by atoms with Gasteiger partial charge in [0.15, 0.2) is 5.82 Å². The van der Waals surface area contributed by atoms with Crippen molar-refractivity contribution in [2.45, 2.75) is 89.1 Å². The molecule has 1 aliphatic carbocycles. The van der Waals surface area contributed by atoms with Gasteiger partial charge in [-0.1, -0.05) is 0 Å². The van der Waals surface area contributed by atoms with Gasteiger partial charge < -0.3 is 24.8 Å². The first-order valence-electron chi connectivity index (χ1n) is 16.5. The molecule has 45 heavy (non-hydrogen) atoms. The molecule has 0 unspecified atom stereocenters. The molecule has 1 saturated carbocycles. The molecule has 11 heteroatoms. The highest BCUT2D eigenvalue weighted by Crippen LogP contribution is 2.48. The van der Waals surface area contributed by atoms with Crippen LogP contribution in [0.4, 0.5) is 15.0 Å². The zero-order valence-electron chi connectivity index (χ0n) is 26.5. The number of phenols is 1. The van der Waals surface area contributed by atoms with Crippen LogP contribution in [0, 0.1) is 12.7 Å². The van der Waals surface area contributed by atoms with Crippen LogP contribution in [0.1, 0.15) is 82.3 Å². The molecule has 5 heterocycles. The number of nitrogens with zero attached hydrogens (tertiary/aromatic N) is 5. The molecular formula is C34H43FN6O4. The third kappa shape index (κ3) is 5.64. The van der Waals surface area contributed by atoms with E-state index in [2.05, 4.69) is 25.1 Å². The third-order valence-corrected chi connectivity index (χ3v) is 10.2. The van der Waals surface area contributed by atoms with Gasteiger partial charge in [0.2, 0.25) is 0 Å². The van der Waals surface area contributed by atoms with E-state index in [-0.39, 0.29) is 35.1 Å². The van der Waals surface area contributed by atoms with Gasteiger partial charge in [-0.3, -0.25) is 9.88 Å². The van der Waals surface area contributed by atoms with Gasteiger partial charge in [-0.2, -0.15) is 9.97 Å². The summed E-state index contributed by atoms with van der Waals surface area (Å²) in [7, 11) is 0. The van der Waals surface area contributed by atoms with Gasteiger partial charge in [-0.05, 0) is 114 Å². The molecule has 0 bridgehead atoms. The Morgan fingerprint density at radius 1 is 1.13 bits per heavy atom. The summed E-state index contributed by atoms with van der Waals surface area (Å²) >= 11 is 0. The van der Waals surface area contributed by atoms with E-state index in [9.17, 15) is 9.90 Å². The molecule has 240 valence electrons. The lowest BCUT2D eigenvalue weighted by atomic mass is 9.91.